The highest BCUT2D eigenvalue weighted by molar-refractivity contribution is 6.03. The molecule has 108 valence electrons. The van der Waals surface area contributed by atoms with E-state index in [0.29, 0.717) is 5.52 Å². The fraction of sp³-hybridized carbons (Fsp3) is 0.333. The summed E-state index contributed by atoms with van der Waals surface area (Å²) in [5, 5.41) is 0.199. The molecule has 0 amide bonds. The summed E-state index contributed by atoms with van der Waals surface area (Å²) >= 11 is 0. The number of fused-ring (bicyclic) bond motifs is 1. The number of aryl methyl sites for hydroxylation is 1. The van der Waals surface area contributed by atoms with Crippen LogP contribution in [0.4, 0.5) is 5.69 Å². The van der Waals surface area contributed by atoms with Crippen molar-refractivity contribution < 1.29 is 11.0 Å². The molecule has 0 spiro atoms. The van der Waals surface area contributed by atoms with E-state index in [4.69, 9.17) is 7.10 Å². The predicted molar refractivity (Wildman–Crippen MR) is 78.1 cm³/mol. The van der Waals surface area contributed by atoms with Gasteiger partial charge in [-0.2, -0.15) is 0 Å². The van der Waals surface area contributed by atoms with Crippen molar-refractivity contribution in [1.82, 2.24) is 9.55 Å². The summed E-state index contributed by atoms with van der Waals surface area (Å²) in [5.41, 5.74) is 6.02. The first kappa shape index (κ1) is 12.3. The lowest BCUT2D eigenvalue weighted by atomic mass is 9.92. The number of ketones is 2. The Kier molecular flexibility index (Phi) is 2.80. The molecular formula is C15H15N3O3. The minimum absolute atomic E-state index is 0.0225. The van der Waals surface area contributed by atoms with Crippen LogP contribution in [-0.4, -0.2) is 21.1 Å². The van der Waals surface area contributed by atoms with Gasteiger partial charge in [0, 0.05) is 12.1 Å². The fourth-order valence-corrected chi connectivity index (χ4v) is 2.69. The minimum Gasteiger partial charge on any atom is -0.398 e. The van der Waals surface area contributed by atoms with Gasteiger partial charge in [0.15, 0.2) is 5.78 Å². The SMILES string of the molecule is [2H][C@]1(n2c(C)nc3cccc(N)c3c2=O)CCC(=O)CC1=O. The van der Waals surface area contributed by atoms with Gasteiger partial charge in [0.1, 0.15) is 11.6 Å². The summed E-state index contributed by atoms with van der Waals surface area (Å²) in [6.45, 7) is 1.57. The smallest absolute Gasteiger partial charge is 0.264 e. The highest BCUT2D eigenvalue weighted by Gasteiger charge is 2.30. The van der Waals surface area contributed by atoms with Crippen molar-refractivity contribution in [2.45, 2.75) is 32.2 Å². The molecule has 1 atom stereocenters. The van der Waals surface area contributed by atoms with Crippen molar-refractivity contribution >= 4 is 28.2 Å². The van der Waals surface area contributed by atoms with Crippen molar-refractivity contribution in [3.63, 3.8) is 0 Å². The van der Waals surface area contributed by atoms with Crippen LogP contribution in [0.15, 0.2) is 23.0 Å². The molecule has 1 aromatic heterocycles. The molecule has 0 bridgehead atoms. The molecule has 2 aromatic rings. The topological polar surface area (TPSA) is 95.1 Å². The number of benzene rings is 1. The number of Topliss-reactive ketones (excluding diaryl/α,β-unsaturated/α-hetero) is 2. The van der Waals surface area contributed by atoms with Gasteiger partial charge in [0.25, 0.3) is 5.56 Å². The lowest BCUT2D eigenvalue weighted by Gasteiger charge is -2.24. The van der Waals surface area contributed by atoms with E-state index in [1.54, 1.807) is 25.1 Å². The highest BCUT2D eigenvalue weighted by Crippen LogP contribution is 2.24. The Morgan fingerprint density at radius 3 is 2.86 bits per heavy atom. The average molecular weight is 286 g/mol. The summed E-state index contributed by atoms with van der Waals surface area (Å²) < 4.78 is 9.54. The summed E-state index contributed by atoms with van der Waals surface area (Å²) in [5.74, 6) is -0.516. The fourth-order valence-electron chi connectivity index (χ4n) is 2.69. The number of carbonyl (C=O) groups is 2. The van der Waals surface area contributed by atoms with E-state index >= 15 is 0 Å². The molecule has 1 fully saturated rings. The van der Waals surface area contributed by atoms with E-state index in [2.05, 4.69) is 4.98 Å². The Labute approximate surface area is 122 Å². The Hall–Kier alpha value is -2.50. The Bertz CT molecular complexity index is 874. The van der Waals surface area contributed by atoms with Crippen molar-refractivity contribution in [2.75, 3.05) is 5.73 Å². The third-order valence-corrected chi connectivity index (χ3v) is 3.69. The molecule has 0 aliphatic heterocycles. The Morgan fingerprint density at radius 1 is 1.38 bits per heavy atom. The zero-order chi connectivity index (χ0) is 16.1. The average Bonchev–Trinajstić information content (AvgIpc) is 2.43. The van der Waals surface area contributed by atoms with Crippen molar-refractivity contribution in [3.05, 3.63) is 34.4 Å². The number of hydrogen-bond donors (Lipinski definition) is 1. The first-order valence-corrected chi connectivity index (χ1v) is 6.68. The first-order chi connectivity index (χ1) is 10.3. The van der Waals surface area contributed by atoms with Crippen LogP contribution in [0.5, 0.6) is 0 Å². The highest BCUT2D eigenvalue weighted by atomic mass is 16.2. The third-order valence-electron chi connectivity index (χ3n) is 3.69. The van der Waals surface area contributed by atoms with Crippen LogP contribution in [0.3, 0.4) is 0 Å². The molecule has 0 radical (unpaired) electrons. The first-order valence-electron chi connectivity index (χ1n) is 7.18. The van der Waals surface area contributed by atoms with Gasteiger partial charge in [0.2, 0.25) is 0 Å². The monoisotopic (exact) mass is 286 g/mol. The molecule has 3 rings (SSSR count). The van der Waals surface area contributed by atoms with E-state index in [0.717, 1.165) is 4.57 Å². The van der Waals surface area contributed by atoms with Crippen LogP contribution in [0.2, 0.25) is 0 Å². The number of anilines is 1. The normalized spacial score (nSPS) is 23.4. The Balaban J connectivity index is 2.32. The Morgan fingerprint density at radius 2 is 2.14 bits per heavy atom. The van der Waals surface area contributed by atoms with Crippen LogP contribution < -0.4 is 11.3 Å². The van der Waals surface area contributed by atoms with Gasteiger partial charge in [-0.15, -0.1) is 0 Å². The zero-order valence-electron chi connectivity index (χ0n) is 12.5. The van der Waals surface area contributed by atoms with E-state index in [9.17, 15) is 14.4 Å². The second-order valence-electron chi connectivity index (χ2n) is 5.13. The third kappa shape index (κ3) is 2.12. The summed E-state index contributed by atoms with van der Waals surface area (Å²) in [6.07, 6.45) is -0.244. The molecule has 1 aliphatic rings. The number of nitrogen functional groups attached to an aromatic ring is 1. The van der Waals surface area contributed by atoms with Crippen molar-refractivity contribution in [2.24, 2.45) is 0 Å². The molecule has 1 saturated carbocycles. The summed E-state index contributed by atoms with van der Waals surface area (Å²) in [6, 6.07) is 3.13. The maximum Gasteiger partial charge on any atom is 0.264 e. The van der Waals surface area contributed by atoms with Crippen LogP contribution in [0.25, 0.3) is 10.9 Å². The molecule has 0 saturated heterocycles. The number of aromatic nitrogens is 2. The van der Waals surface area contributed by atoms with E-state index in [1.807, 2.05) is 0 Å². The summed E-state index contributed by atoms with van der Waals surface area (Å²) in [4.78, 5) is 40.7. The van der Waals surface area contributed by atoms with Gasteiger partial charge in [-0.25, -0.2) is 4.98 Å². The number of hydrogen-bond acceptors (Lipinski definition) is 5. The van der Waals surface area contributed by atoms with E-state index in [-0.39, 0.29) is 41.9 Å². The van der Waals surface area contributed by atoms with Gasteiger partial charge in [0.05, 0.1) is 24.7 Å². The van der Waals surface area contributed by atoms with Crippen LogP contribution in [0.1, 0.15) is 32.5 Å². The van der Waals surface area contributed by atoms with Gasteiger partial charge >= 0.3 is 0 Å². The minimum atomic E-state index is -1.79. The van der Waals surface area contributed by atoms with Gasteiger partial charge in [-0.3, -0.25) is 19.0 Å². The van der Waals surface area contributed by atoms with Crippen LogP contribution in [-0.2, 0) is 9.59 Å². The van der Waals surface area contributed by atoms with Crippen LogP contribution >= 0.6 is 0 Å². The summed E-state index contributed by atoms with van der Waals surface area (Å²) in [7, 11) is 0. The van der Waals surface area contributed by atoms with Gasteiger partial charge < -0.3 is 5.73 Å². The molecule has 2 N–H and O–H groups in total. The molecule has 1 aliphatic carbocycles. The van der Waals surface area contributed by atoms with Gasteiger partial charge in [-0.05, 0) is 25.5 Å². The van der Waals surface area contributed by atoms with Gasteiger partial charge in [-0.1, -0.05) is 6.07 Å². The van der Waals surface area contributed by atoms with Crippen molar-refractivity contribution in [1.29, 1.82) is 0 Å². The number of carbonyl (C=O) groups excluding carboxylic acids is 2. The van der Waals surface area contributed by atoms with Crippen molar-refractivity contribution in [3.8, 4) is 0 Å². The molecule has 1 heterocycles. The predicted octanol–water partition coefficient (Wildman–Crippen LogP) is 1.15. The number of nitrogens with two attached hydrogens (primary N) is 1. The maximum atomic E-state index is 12.8. The maximum absolute atomic E-state index is 12.8. The standard InChI is InChI=1S/C15H15N3O3/c1-8-17-11-4-2-3-10(16)14(11)15(21)18(8)12-6-5-9(19)7-13(12)20/h2-4,12H,5-7,16H2,1H3/t12-/m0/s1/i12D. The van der Waals surface area contributed by atoms with E-state index in [1.165, 1.54) is 0 Å². The molecule has 6 heteroatoms. The quantitative estimate of drug-likeness (QED) is 0.626. The lowest BCUT2D eigenvalue weighted by Crippen LogP contribution is -2.36. The molecule has 6 nitrogen and oxygen atoms in total. The molecule has 0 unspecified atom stereocenters. The largest absolute Gasteiger partial charge is 0.398 e. The molecule has 21 heavy (non-hydrogen) atoms. The second kappa shape index (κ2) is 4.80. The molecular weight excluding hydrogens is 270 g/mol. The molecule has 1 aromatic carbocycles. The van der Waals surface area contributed by atoms with E-state index < -0.39 is 17.4 Å². The second-order valence-corrected chi connectivity index (χ2v) is 5.13. The van der Waals surface area contributed by atoms with Crippen LogP contribution in [0, 0.1) is 6.92 Å². The zero-order valence-corrected chi connectivity index (χ0v) is 11.5. The number of rotatable bonds is 1. The lowest BCUT2D eigenvalue weighted by molar-refractivity contribution is -0.132. The number of nitrogens with zero attached hydrogens (tertiary/aromatic N) is 2.